The molecule has 1 fully saturated rings. The summed E-state index contributed by atoms with van der Waals surface area (Å²) in [5.41, 5.74) is 0.776. The van der Waals surface area contributed by atoms with Gasteiger partial charge in [-0.15, -0.1) is 0 Å². The molecule has 30 heavy (non-hydrogen) atoms. The van der Waals surface area contributed by atoms with Crippen LogP contribution in [0, 0.1) is 10.1 Å². The number of nitro benzene ring substituents is 1. The van der Waals surface area contributed by atoms with Gasteiger partial charge < -0.3 is 9.47 Å². The Morgan fingerprint density at radius 1 is 1.17 bits per heavy atom. The molecule has 1 heterocycles. The van der Waals surface area contributed by atoms with Crippen molar-refractivity contribution in [2.75, 3.05) is 13.7 Å². The van der Waals surface area contributed by atoms with Gasteiger partial charge in [-0.2, -0.15) is 0 Å². The summed E-state index contributed by atoms with van der Waals surface area (Å²) < 4.78 is 9.74. The number of imide groups is 1. The van der Waals surface area contributed by atoms with Crippen molar-refractivity contribution in [3.63, 3.8) is 0 Å². The van der Waals surface area contributed by atoms with Crippen LogP contribution in [0.2, 0.25) is 0 Å². The van der Waals surface area contributed by atoms with Crippen LogP contribution in [-0.4, -0.2) is 40.7 Å². The maximum atomic E-state index is 12.7. The van der Waals surface area contributed by atoms with E-state index in [4.69, 9.17) is 4.74 Å². The third-order valence-corrected chi connectivity index (χ3v) is 5.06. The summed E-state index contributed by atoms with van der Waals surface area (Å²) in [4.78, 5) is 47.8. The Kier molecular flexibility index (Phi) is 6.48. The number of nitrogens with zero attached hydrogens (tertiary/aromatic N) is 2. The number of ether oxygens (including phenoxy) is 2. The second-order valence-electron chi connectivity index (χ2n) is 6.09. The molecule has 1 saturated heterocycles. The Balaban J connectivity index is 1.72. The molecule has 2 aromatic carbocycles. The molecular weight excluding hydrogens is 412 g/mol. The molecule has 0 N–H and O–H groups in total. The second-order valence-corrected chi connectivity index (χ2v) is 7.08. The van der Waals surface area contributed by atoms with Crippen LogP contribution in [0.5, 0.6) is 5.75 Å². The topological polar surface area (TPSA) is 116 Å². The van der Waals surface area contributed by atoms with Crippen LogP contribution in [0.25, 0.3) is 6.08 Å². The minimum Gasteiger partial charge on any atom is -0.482 e. The Hall–Kier alpha value is -3.66. The van der Waals surface area contributed by atoms with Crippen LogP contribution in [0.15, 0.2) is 53.4 Å². The normalized spacial score (nSPS) is 14.8. The number of benzene rings is 2. The van der Waals surface area contributed by atoms with Crippen molar-refractivity contribution in [3.05, 3.63) is 74.7 Å². The van der Waals surface area contributed by atoms with E-state index in [0.717, 1.165) is 16.7 Å². The van der Waals surface area contributed by atoms with E-state index in [1.807, 2.05) is 0 Å². The van der Waals surface area contributed by atoms with E-state index in [-0.39, 0.29) is 29.3 Å². The van der Waals surface area contributed by atoms with Crippen LogP contribution in [-0.2, 0) is 20.9 Å². The first-order valence-electron chi connectivity index (χ1n) is 8.66. The fraction of sp³-hybridized carbons (Fsp3) is 0.150. The number of nitro groups is 1. The summed E-state index contributed by atoms with van der Waals surface area (Å²) in [6.07, 6.45) is 1.55. The molecule has 1 aliphatic heterocycles. The lowest BCUT2D eigenvalue weighted by Gasteiger charge is -2.12. The molecule has 9 nitrogen and oxygen atoms in total. The predicted octanol–water partition coefficient (Wildman–Crippen LogP) is 3.38. The van der Waals surface area contributed by atoms with Crippen molar-refractivity contribution in [3.8, 4) is 5.75 Å². The van der Waals surface area contributed by atoms with Crippen LogP contribution in [0.1, 0.15) is 11.1 Å². The second kappa shape index (κ2) is 9.23. The summed E-state index contributed by atoms with van der Waals surface area (Å²) in [6.45, 7) is -0.403. The SMILES string of the molecule is COC(=O)COc1ccc(/C=C2\SC(=O)N(Cc3ccccc3[N+](=O)[O-])C2=O)cc1. The van der Waals surface area contributed by atoms with E-state index in [1.54, 1.807) is 36.4 Å². The molecule has 2 amide bonds. The zero-order valence-corrected chi connectivity index (χ0v) is 16.6. The van der Waals surface area contributed by atoms with Gasteiger partial charge in [-0.3, -0.25) is 24.6 Å². The highest BCUT2D eigenvalue weighted by Gasteiger charge is 2.36. The number of carbonyl (C=O) groups is 3. The number of para-hydroxylation sites is 1. The fourth-order valence-corrected chi connectivity index (χ4v) is 3.48. The van der Waals surface area contributed by atoms with Gasteiger partial charge in [-0.25, -0.2) is 4.79 Å². The molecule has 0 atom stereocenters. The van der Waals surface area contributed by atoms with E-state index in [1.165, 1.54) is 25.3 Å². The molecule has 1 aliphatic rings. The molecule has 10 heteroatoms. The average Bonchev–Trinajstić information content (AvgIpc) is 3.00. The van der Waals surface area contributed by atoms with Crippen molar-refractivity contribution in [1.82, 2.24) is 4.90 Å². The van der Waals surface area contributed by atoms with Crippen molar-refractivity contribution in [1.29, 1.82) is 0 Å². The number of hydrogen-bond donors (Lipinski definition) is 0. The molecule has 3 rings (SSSR count). The Bertz CT molecular complexity index is 1030. The van der Waals surface area contributed by atoms with Gasteiger partial charge in [0.15, 0.2) is 6.61 Å². The van der Waals surface area contributed by atoms with E-state index in [2.05, 4.69) is 4.74 Å². The standard InChI is InChI=1S/C20H16N2O7S/c1-28-18(23)12-29-15-8-6-13(7-9-15)10-17-19(24)21(20(25)30-17)11-14-4-2-3-5-16(14)22(26)27/h2-10H,11-12H2,1H3/b17-10-. The quantitative estimate of drug-likeness (QED) is 0.285. The lowest BCUT2D eigenvalue weighted by Crippen LogP contribution is -2.27. The van der Waals surface area contributed by atoms with E-state index >= 15 is 0 Å². The Labute approximate surface area is 175 Å². The maximum absolute atomic E-state index is 12.7. The molecule has 0 unspecified atom stereocenters. The number of thioether (sulfide) groups is 1. The summed E-state index contributed by atoms with van der Waals surface area (Å²) in [5.74, 6) is -0.581. The molecule has 2 aromatic rings. The highest BCUT2D eigenvalue weighted by molar-refractivity contribution is 8.18. The first-order chi connectivity index (χ1) is 14.4. The number of rotatable bonds is 7. The number of methoxy groups -OCH3 is 1. The zero-order chi connectivity index (χ0) is 21.7. The van der Waals surface area contributed by atoms with Crippen molar-refractivity contribution < 1.29 is 28.8 Å². The highest BCUT2D eigenvalue weighted by atomic mass is 32.2. The van der Waals surface area contributed by atoms with E-state index in [0.29, 0.717) is 11.3 Å². The van der Waals surface area contributed by atoms with Gasteiger partial charge in [-0.1, -0.05) is 30.3 Å². The van der Waals surface area contributed by atoms with E-state index in [9.17, 15) is 24.5 Å². The lowest BCUT2D eigenvalue weighted by molar-refractivity contribution is -0.385. The lowest BCUT2D eigenvalue weighted by atomic mass is 10.1. The summed E-state index contributed by atoms with van der Waals surface area (Å²) in [7, 11) is 1.26. The molecule has 0 aliphatic carbocycles. The minimum absolute atomic E-state index is 0.150. The number of esters is 1. The molecule has 0 aromatic heterocycles. The van der Waals surface area contributed by atoms with E-state index < -0.39 is 22.0 Å². The molecule has 0 radical (unpaired) electrons. The molecule has 0 saturated carbocycles. The average molecular weight is 428 g/mol. The fourth-order valence-electron chi connectivity index (χ4n) is 2.64. The summed E-state index contributed by atoms with van der Waals surface area (Å²) >= 11 is 0.768. The smallest absolute Gasteiger partial charge is 0.343 e. The van der Waals surface area contributed by atoms with Gasteiger partial charge in [0.05, 0.1) is 23.5 Å². The summed E-state index contributed by atoms with van der Waals surface area (Å²) in [6, 6.07) is 12.5. The number of hydrogen-bond acceptors (Lipinski definition) is 8. The Morgan fingerprint density at radius 3 is 2.53 bits per heavy atom. The van der Waals surface area contributed by atoms with Crippen LogP contribution in [0.4, 0.5) is 10.5 Å². The zero-order valence-electron chi connectivity index (χ0n) is 15.8. The van der Waals surface area contributed by atoms with Crippen LogP contribution < -0.4 is 4.74 Å². The molecular formula is C20H16N2O7S. The maximum Gasteiger partial charge on any atom is 0.343 e. The number of amides is 2. The van der Waals surface area contributed by atoms with Crippen LogP contribution in [0.3, 0.4) is 0 Å². The molecule has 154 valence electrons. The highest BCUT2D eigenvalue weighted by Crippen LogP contribution is 2.34. The van der Waals surface area contributed by atoms with Crippen molar-refractivity contribution in [2.24, 2.45) is 0 Å². The molecule has 0 bridgehead atoms. The molecule has 0 spiro atoms. The number of carbonyl (C=O) groups excluding carboxylic acids is 3. The van der Waals surface area contributed by atoms with Gasteiger partial charge in [0.25, 0.3) is 16.8 Å². The van der Waals surface area contributed by atoms with Crippen LogP contribution >= 0.6 is 11.8 Å². The largest absolute Gasteiger partial charge is 0.482 e. The van der Waals surface area contributed by atoms with Crippen molar-refractivity contribution in [2.45, 2.75) is 6.54 Å². The van der Waals surface area contributed by atoms with Gasteiger partial charge in [-0.05, 0) is 35.5 Å². The third kappa shape index (κ3) is 4.84. The first-order valence-corrected chi connectivity index (χ1v) is 9.48. The van der Waals surface area contributed by atoms with Gasteiger partial charge in [0.1, 0.15) is 5.75 Å². The monoisotopic (exact) mass is 428 g/mol. The summed E-state index contributed by atoms with van der Waals surface area (Å²) in [5, 5.41) is 10.7. The van der Waals surface area contributed by atoms with Gasteiger partial charge in [0.2, 0.25) is 0 Å². The van der Waals surface area contributed by atoms with Gasteiger partial charge in [0, 0.05) is 11.6 Å². The van der Waals surface area contributed by atoms with Gasteiger partial charge >= 0.3 is 5.97 Å². The minimum atomic E-state index is -0.548. The predicted molar refractivity (Wildman–Crippen MR) is 109 cm³/mol. The van der Waals surface area contributed by atoms with Crippen molar-refractivity contribution >= 4 is 40.6 Å². The third-order valence-electron chi connectivity index (χ3n) is 4.15. The first kappa shape index (κ1) is 21.1. The Morgan fingerprint density at radius 2 is 1.87 bits per heavy atom.